The largest absolute Gasteiger partial charge is 0.361 e. The monoisotopic (exact) mass is 430 g/mol. The molecule has 1 aliphatic heterocycles. The van der Waals surface area contributed by atoms with Gasteiger partial charge in [0.05, 0.1) is 30.8 Å². The van der Waals surface area contributed by atoms with E-state index >= 15 is 0 Å². The minimum Gasteiger partial charge on any atom is -0.361 e. The Morgan fingerprint density at radius 2 is 2.06 bits per heavy atom. The molecular formula is C21H22N10O. The van der Waals surface area contributed by atoms with Crippen LogP contribution < -0.4 is 10.2 Å². The van der Waals surface area contributed by atoms with Gasteiger partial charge in [-0.25, -0.2) is 24.8 Å². The summed E-state index contributed by atoms with van der Waals surface area (Å²) in [7, 11) is 0. The topological polar surface area (TPSA) is 112 Å². The molecule has 11 heteroatoms. The molecule has 4 aromatic heterocycles. The summed E-state index contributed by atoms with van der Waals surface area (Å²) in [6.45, 7) is 14.0. The lowest BCUT2D eigenvalue weighted by atomic mass is 10.1. The molecule has 162 valence electrons. The van der Waals surface area contributed by atoms with Crippen molar-refractivity contribution in [1.82, 2.24) is 34.2 Å². The SMILES string of the molecule is [C-]#[N+]c1cc(C(C)Nc2ncnc3[nH]cnc23)c(N2CCN(C(C)=O)CC2)n2cncc12. The first-order chi connectivity index (χ1) is 15.6. The van der Waals surface area contributed by atoms with Crippen molar-refractivity contribution >= 4 is 39.9 Å². The molecule has 0 aliphatic carbocycles. The van der Waals surface area contributed by atoms with Gasteiger partial charge >= 0.3 is 0 Å². The van der Waals surface area contributed by atoms with Gasteiger partial charge in [0.2, 0.25) is 11.6 Å². The molecule has 5 heterocycles. The zero-order valence-corrected chi connectivity index (χ0v) is 17.8. The molecule has 4 aromatic rings. The third kappa shape index (κ3) is 3.26. The number of fused-ring (bicyclic) bond motifs is 2. The lowest BCUT2D eigenvalue weighted by Crippen LogP contribution is -2.49. The molecule has 0 bridgehead atoms. The summed E-state index contributed by atoms with van der Waals surface area (Å²) in [4.78, 5) is 39.8. The Balaban J connectivity index is 1.57. The number of hydrogen-bond donors (Lipinski definition) is 2. The summed E-state index contributed by atoms with van der Waals surface area (Å²) < 4.78 is 1.97. The number of imidazole rings is 2. The second-order valence-electron chi connectivity index (χ2n) is 7.75. The molecule has 1 aliphatic rings. The van der Waals surface area contributed by atoms with E-state index in [0.29, 0.717) is 48.8 Å². The first kappa shape index (κ1) is 19.7. The molecule has 1 amide bonds. The molecule has 5 rings (SSSR count). The highest BCUT2D eigenvalue weighted by atomic mass is 16.2. The van der Waals surface area contributed by atoms with E-state index in [1.54, 1.807) is 25.8 Å². The van der Waals surface area contributed by atoms with E-state index in [4.69, 9.17) is 6.57 Å². The van der Waals surface area contributed by atoms with Crippen LogP contribution >= 0.6 is 0 Å². The number of nitrogens with one attached hydrogen (secondary N) is 2. The fourth-order valence-electron chi connectivity index (χ4n) is 4.21. The van der Waals surface area contributed by atoms with Crippen LogP contribution in [0, 0.1) is 6.57 Å². The number of aromatic nitrogens is 6. The van der Waals surface area contributed by atoms with Crippen LogP contribution in [0.3, 0.4) is 0 Å². The van der Waals surface area contributed by atoms with Crippen LogP contribution in [0.25, 0.3) is 21.5 Å². The highest BCUT2D eigenvalue weighted by Crippen LogP contribution is 2.36. The summed E-state index contributed by atoms with van der Waals surface area (Å²) in [5.74, 6) is 1.66. The quantitative estimate of drug-likeness (QED) is 0.478. The van der Waals surface area contributed by atoms with Crippen molar-refractivity contribution in [3.8, 4) is 0 Å². The summed E-state index contributed by atoms with van der Waals surface area (Å²) in [5, 5.41) is 3.44. The Bertz CT molecular complexity index is 1340. The first-order valence-electron chi connectivity index (χ1n) is 10.3. The number of anilines is 2. The number of pyridine rings is 1. The molecule has 1 atom stereocenters. The van der Waals surface area contributed by atoms with Crippen molar-refractivity contribution in [3.63, 3.8) is 0 Å². The van der Waals surface area contributed by atoms with Crippen molar-refractivity contribution in [3.05, 3.63) is 48.2 Å². The molecule has 0 radical (unpaired) electrons. The van der Waals surface area contributed by atoms with Crippen LogP contribution in [0.1, 0.15) is 25.5 Å². The smallest absolute Gasteiger partial charge is 0.219 e. The minimum absolute atomic E-state index is 0.0859. The van der Waals surface area contributed by atoms with E-state index in [1.807, 2.05) is 22.3 Å². The maximum absolute atomic E-state index is 11.8. The number of aromatic amines is 1. The predicted octanol–water partition coefficient (Wildman–Crippen LogP) is 2.39. The van der Waals surface area contributed by atoms with Crippen LogP contribution in [0.4, 0.5) is 17.3 Å². The van der Waals surface area contributed by atoms with Gasteiger partial charge < -0.3 is 20.1 Å². The first-order valence-corrected chi connectivity index (χ1v) is 10.3. The van der Waals surface area contributed by atoms with Gasteiger partial charge in [-0.15, -0.1) is 0 Å². The molecule has 0 spiro atoms. The van der Waals surface area contributed by atoms with Gasteiger partial charge in [-0.2, -0.15) is 0 Å². The number of nitrogens with zero attached hydrogens (tertiary/aromatic N) is 8. The van der Waals surface area contributed by atoms with Gasteiger partial charge in [0.25, 0.3) is 0 Å². The van der Waals surface area contributed by atoms with Crippen molar-refractivity contribution in [1.29, 1.82) is 0 Å². The Hall–Kier alpha value is -4.20. The van der Waals surface area contributed by atoms with E-state index < -0.39 is 0 Å². The summed E-state index contributed by atoms with van der Waals surface area (Å²) in [5.41, 5.74) is 3.55. The standard InChI is InChI=1S/C21H22N10O/c1-13(28-20-18-19(25-10-24-18)26-11-27-20)15-8-16(22-3)17-9-23-12-31(17)21(15)30-6-4-29(5-7-30)14(2)32/h8-13H,4-7H2,1-2H3,(H2,24,25,26,27,28). The van der Waals surface area contributed by atoms with Crippen molar-refractivity contribution in [2.75, 3.05) is 36.4 Å². The molecule has 1 saturated heterocycles. The van der Waals surface area contributed by atoms with Gasteiger partial charge in [0.15, 0.2) is 11.5 Å². The number of rotatable bonds is 4. The van der Waals surface area contributed by atoms with E-state index in [0.717, 1.165) is 16.9 Å². The van der Waals surface area contributed by atoms with Gasteiger partial charge in [0, 0.05) is 44.9 Å². The Labute approximate surface area is 183 Å². The Morgan fingerprint density at radius 1 is 1.25 bits per heavy atom. The third-order valence-electron chi connectivity index (χ3n) is 5.86. The third-order valence-corrected chi connectivity index (χ3v) is 5.86. The van der Waals surface area contributed by atoms with Gasteiger partial charge in [-0.1, -0.05) is 0 Å². The zero-order chi connectivity index (χ0) is 22.2. The van der Waals surface area contributed by atoms with Crippen LogP contribution in [-0.2, 0) is 4.79 Å². The fraction of sp³-hybridized carbons (Fsp3) is 0.333. The molecular weight excluding hydrogens is 408 g/mol. The second-order valence-corrected chi connectivity index (χ2v) is 7.75. The van der Waals surface area contributed by atoms with E-state index in [1.165, 1.54) is 6.33 Å². The van der Waals surface area contributed by atoms with Crippen LogP contribution in [0.5, 0.6) is 0 Å². The maximum Gasteiger partial charge on any atom is 0.219 e. The van der Waals surface area contributed by atoms with Crippen molar-refractivity contribution in [2.45, 2.75) is 19.9 Å². The summed E-state index contributed by atoms with van der Waals surface area (Å²) in [6, 6.07) is 1.73. The molecule has 0 aromatic carbocycles. The normalized spacial score (nSPS) is 15.2. The molecule has 0 saturated carbocycles. The highest BCUT2D eigenvalue weighted by molar-refractivity contribution is 5.83. The molecule has 32 heavy (non-hydrogen) atoms. The van der Waals surface area contributed by atoms with Crippen molar-refractivity contribution < 1.29 is 4.79 Å². The summed E-state index contributed by atoms with van der Waals surface area (Å²) >= 11 is 0. The number of piperazine rings is 1. The average molecular weight is 430 g/mol. The second kappa shape index (κ2) is 7.81. The number of amides is 1. The average Bonchev–Trinajstić information content (AvgIpc) is 3.48. The molecule has 1 fully saturated rings. The fourth-order valence-corrected chi connectivity index (χ4v) is 4.21. The lowest BCUT2D eigenvalue weighted by Gasteiger charge is -2.37. The zero-order valence-electron chi connectivity index (χ0n) is 17.8. The van der Waals surface area contributed by atoms with Gasteiger partial charge in [0.1, 0.15) is 17.7 Å². The van der Waals surface area contributed by atoms with E-state index in [9.17, 15) is 4.79 Å². The number of carbonyl (C=O) groups is 1. The summed E-state index contributed by atoms with van der Waals surface area (Å²) in [6.07, 6.45) is 6.52. The van der Waals surface area contributed by atoms with Crippen LogP contribution in [0.15, 0.2) is 31.2 Å². The molecule has 11 nitrogen and oxygen atoms in total. The van der Waals surface area contributed by atoms with Crippen LogP contribution in [-0.4, -0.2) is 66.3 Å². The maximum atomic E-state index is 11.8. The minimum atomic E-state index is -0.182. The van der Waals surface area contributed by atoms with E-state index in [-0.39, 0.29) is 11.9 Å². The van der Waals surface area contributed by atoms with Crippen molar-refractivity contribution in [2.24, 2.45) is 0 Å². The Morgan fingerprint density at radius 3 is 2.81 bits per heavy atom. The predicted molar refractivity (Wildman–Crippen MR) is 120 cm³/mol. The lowest BCUT2D eigenvalue weighted by molar-refractivity contribution is -0.129. The highest BCUT2D eigenvalue weighted by Gasteiger charge is 2.26. The molecule has 2 N–H and O–H groups in total. The Kier molecular flexibility index (Phi) is 4.82. The molecule has 1 unspecified atom stereocenters. The number of carbonyl (C=O) groups excluding carboxylic acids is 1. The number of H-pyrrole nitrogens is 1. The van der Waals surface area contributed by atoms with Gasteiger partial charge in [-0.3, -0.25) is 9.20 Å². The van der Waals surface area contributed by atoms with E-state index in [2.05, 4.69) is 40.0 Å². The number of hydrogen-bond acceptors (Lipinski definition) is 7. The van der Waals surface area contributed by atoms with Gasteiger partial charge in [-0.05, 0) is 13.0 Å². The van der Waals surface area contributed by atoms with Crippen LogP contribution in [0.2, 0.25) is 0 Å².